The third-order valence-electron chi connectivity index (χ3n) is 6.40. The van der Waals surface area contributed by atoms with Gasteiger partial charge in [-0.3, -0.25) is 4.79 Å². The number of nitrogens with zero attached hydrogens (tertiary/aromatic N) is 3. The average molecular weight is 568 g/mol. The van der Waals surface area contributed by atoms with Crippen LogP contribution in [0.25, 0.3) is 10.9 Å². The molecule has 0 unspecified atom stereocenters. The number of amides is 1. The Labute approximate surface area is 227 Å². The Kier molecular flexibility index (Phi) is 9.83. The summed E-state index contributed by atoms with van der Waals surface area (Å²) >= 11 is 0. The van der Waals surface area contributed by atoms with Crippen LogP contribution in [-0.4, -0.2) is 53.3 Å². The highest BCUT2D eigenvalue weighted by Crippen LogP contribution is 2.29. The summed E-state index contributed by atoms with van der Waals surface area (Å²) in [5.74, 6) is -3.64. The number of hydrogen-bond acceptors (Lipinski definition) is 6. The highest BCUT2D eigenvalue weighted by atomic mass is 19.4. The largest absolute Gasteiger partial charge is 0.490 e. The van der Waals surface area contributed by atoms with Gasteiger partial charge in [0.05, 0.1) is 5.52 Å². The van der Waals surface area contributed by atoms with Crippen LogP contribution in [0, 0.1) is 24.5 Å². The first kappa shape index (κ1) is 30.5. The number of carboxylic acids is 1. The fourth-order valence-corrected chi connectivity index (χ4v) is 4.23. The molecular formula is C27H30F5N5O3. The molecule has 1 aromatic heterocycles. The molecule has 1 amide bonds. The number of alkyl halides is 3. The fourth-order valence-electron chi connectivity index (χ4n) is 4.23. The van der Waals surface area contributed by atoms with E-state index in [1.165, 1.54) is 5.56 Å². The molecule has 0 spiro atoms. The summed E-state index contributed by atoms with van der Waals surface area (Å²) in [6.07, 6.45) is -1.94. The third-order valence-corrected chi connectivity index (χ3v) is 6.40. The van der Waals surface area contributed by atoms with Crippen LogP contribution in [0.15, 0.2) is 36.4 Å². The third kappa shape index (κ3) is 8.23. The number of aromatic nitrogens is 2. The SMILES string of the molecule is Cc1ccc(CNC(=O)C2CCC(Nc3nc(N(C)C)c4cc(F)c(F)cc4n3)CC2)cc1.O=C(O)C(F)(F)F. The van der Waals surface area contributed by atoms with Gasteiger partial charge in [0.2, 0.25) is 11.9 Å². The highest BCUT2D eigenvalue weighted by molar-refractivity contribution is 5.90. The van der Waals surface area contributed by atoms with E-state index in [1.807, 2.05) is 31.2 Å². The number of anilines is 2. The number of carbonyl (C=O) groups is 2. The fraction of sp³-hybridized carbons (Fsp3) is 0.407. The Morgan fingerprint density at radius 3 is 2.12 bits per heavy atom. The van der Waals surface area contributed by atoms with E-state index < -0.39 is 23.8 Å². The van der Waals surface area contributed by atoms with Gasteiger partial charge >= 0.3 is 12.1 Å². The van der Waals surface area contributed by atoms with Crippen LogP contribution in [0.1, 0.15) is 36.8 Å². The minimum absolute atomic E-state index is 0.0135. The number of benzene rings is 2. The van der Waals surface area contributed by atoms with E-state index in [2.05, 4.69) is 20.6 Å². The standard InChI is InChI=1S/C25H29F2N5O.C2HF3O2/c1-15-4-6-16(7-5-15)14-28-24(33)17-8-10-18(11-9-17)29-25-30-22-13-21(27)20(26)12-19(22)23(31-25)32(2)3;3-2(4,5)1(6)7/h4-7,12-13,17-18H,8-11,14H2,1-3H3,(H,28,33)(H,29,30,31);(H,6,7). The first-order valence-corrected chi connectivity index (χ1v) is 12.5. The summed E-state index contributed by atoms with van der Waals surface area (Å²) in [6, 6.07) is 10.5. The predicted molar refractivity (Wildman–Crippen MR) is 140 cm³/mol. The number of aryl methyl sites for hydroxylation is 1. The molecule has 1 fully saturated rings. The number of fused-ring (bicyclic) bond motifs is 1. The van der Waals surface area contributed by atoms with Gasteiger partial charge in [-0.15, -0.1) is 0 Å². The van der Waals surface area contributed by atoms with Gasteiger partial charge in [-0.25, -0.2) is 18.6 Å². The molecule has 0 atom stereocenters. The van der Waals surface area contributed by atoms with E-state index in [9.17, 15) is 26.7 Å². The maximum absolute atomic E-state index is 13.8. The van der Waals surface area contributed by atoms with Crippen LogP contribution in [0.4, 0.5) is 33.7 Å². The highest BCUT2D eigenvalue weighted by Gasteiger charge is 2.38. The molecule has 0 radical (unpaired) electrons. The van der Waals surface area contributed by atoms with E-state index in [-0.39, 0.29) is 17.9 Å². The smallest absolute Gasteiger partial charge is 0.475 e. The molecular weight excluding hydrogens is 537 g/mol. The molecule has 0 bridgehead atoms. The van der Waals surface area contributed by atoms with Crippen molar-refractivity contribution in [2.24, 2.45) is 5.92 Å². The van der Waals surface area contributed by atoms with Crippen molar-refractivity contribution in [2.75, 3.05) is 24.3 Å². The lowest BCUT2D eigenvalue weighted by atomic mass is 9.85. The van der Waals surface area contributed by atoms with Crippen molar-refractivity contribution in [2.45, 2.75) is 51.4 Å². The van der Waals surface area contributed by atoms with Crippen molar-refractivity contribution in [3.8, 4) is 0 Å². The average Bonchev–Trinajstić information content (AvgIpc) is 2.89. The lowest BCUT2D eigenvalue weighted by Crippen LogP contribution is -2.35. The van der Waals surface area contributed by atoms with Crippen molar-refractivity contribution in [3.05, 3.63) is 59.2 Å². The lowest BCUT2D eigenvalue weighted by molar-refractivity contribution is -0.192. The summed E-state index contributed by atoms with van der Waals surface area (Å²) in [6.45, 7) is 2.57. The zero-order valence-corrected chi connectivity index (χ0v) is 22.1. The van der Waals surface area contributed by atoms with Gasteiger partial charge in [-0.05, 0) is 44.2 Å². The normalized spacial score (nSPS) is 17.0. The second-order valence-electron chi connectivity index (χ2n) is 9.75. The molecule has 13 heteroatoms. The first-order valence-electron chi connectivity index (χ1n) is 12.5. The van der Waals surface area contributed by atoms with Crippen molar-refractivity contribution in [1.29, 1.82) is 0 Å². The predicted octanol–water partition coefficient (Wildman–Crippen LogP) is 5.20. The van der Waals surface area contributed by atoms with Crippen LogP contribution in [0.3, 0.4) is 0 Å². The maximum Gasteiger partial charge on any atom is 0.490 e. The first-order chi connectivity index (χ1) is 18.7. The number of nitrogens with one attached hydrogen (secondary N) is 2. The van der Waals surface area contributed by atoms with Crippen LogP contribution in [0.5, 0.6) is 0 Å². The van der Waals surface area contributed by atoms with Crippen molar-refractivity contribution >= 4 is 34.5 Å². The maximum atomic E-state index is 13.8. The number of hydrogen-bond donors (Lipinski definition) is 3. The van der Waals surface area contributed by atoms with E-state index in [4.69, 9.17) is 9.90 Å². The second kappa shape index (κ2) is 12.9. The molecule has 1 aliphatic carbocycles. The summed E-state index contributed by atoms with van der Waals surface area (Å²) in [7, 11) is 3.60. The lowest BCUT2D eigenvalue weighted by Gasteiger charge is -2.28. The van der Waals surface area contributed by atoms with Gasteiger partial charge in [0.1, 0.15) is 5.82 Å². The molecule has 1 aliphatic rings. The monoisotopic (exact) mass is 567 g/mol. The molecule has 0 saturated heterocycles. The van der Waals surface area contributed by atoms with E-state index in [0.29, 0.717) is 29.2 Å². The Balaban J connectivity index is 0.000000559. The Bertz CT molecular complexity index is 1340. The van der Waals surface area contributed by atoms with E-state index >= 15 is 0 Å². The van der Waals surface area contributed by atoms with Crippen LogP contribution in [-0.2, 0) is 16.1 Å². The molecule has 40 heavy (non-hydrogen) atoms. The van der Waals surface area contributed by atoms with Gasteiger partial charge in [0.15, 0.2) is 11.6 Å². The van der Waals surface area contributed by atoms with E-state index in [0.717, 1.165) is 43.4 Å². The molecule has 1 saturated carbocycles. The summed E-state index contributed by atoms with van der Waals surface area (Å²) in [4.78, 5) is 32.2. The number of rotatable bonds is 6. The van der Waals surface area contributed by atoms with Crippen molar-refractivity contribution in [3.63, 3.8) is 0 Å². The number of halogens is 5. The van der Waals surface area contributed by atoms with E-state index in [1.54, 1.807) is 19.0 Å². The molecule has 3 N–H and O–H groups in total. The molecule has 216 valence electrons. The summed E-state index contributed by atoms with van der Waals surface area (Å²) in [5.41, 5.74) is 2.63. The topological polar surface area (TPSA) is 107 Å². The summed E-state index contributed by atoms with van der Waals surface area (Å²) < 4.78 is 59.2. The van der Waals surface area contributed by atoms with Crippen LogP contribution < -0.4 is 15.5 Å². The molecule has 3 aromatic rings. The van der Waals surface area contributed by atoms with Gasteiger partial charge < -0.3 is 20.6 Å². The molecule has 8 nitrogen and oxygen atoms in total. The van der Waals surface area contributed by atoms with Gasteiger partial charge in [0, 0.05) is 44.1 Å². The van der Waals surface area contributed by atoms with Gasteiger partial charge in [-0.2, -0.15) is 18.2 Å². The van der Waals surface area contributed by atoms with Gasteiger partial charge in [0.25, 0.3) is 0 Å². The quantitative estimate of drug-likeness (QED) is 0.352. The van der Waals surface area contributed by atoms with Crippen LogP contribution in [0.2, 0.25) is 0 Å². The zero-order chi connectivity index (χ0) is 29.6. The van der Waals surface area contributed by atoms with Crippen molar-refractivity contribution in [1.82, 2.24) is 15.3 Å². The summed E-state index contributed by atoms with van der Waals surface area (Å²) in [5, 5.41) is 14.0. The van der Waals surface area contributed by atoms with Crippen molar-refractivity contribution < 1.29 is 36.6 Å². The number of carbonyl (C=O) groups excluding carboxylic acids is 1. The molecule has 0 aliphatic heterocycles. The number of carboxylic acid groups (broad SMARTS) is 1. The minimum Gasteiger partial charge on any atom is -0.475 e. The van der Waals surface area contributed by atoms with Gasteiger partial charge in [-0.1, -0.05) is 29.8 Å². The Morgan fingerprint density at radius 2 is 1.57 bits per heavy atom. The zero-order valence-electron chi connectivity index (χ0n) is 22.1. The Hall–Kier alpha value is -4.03. The molecule has 4 rings (SSSR count). The second-order valence-corrected chi connectivity index (χ2v) is 9.75. The number of aliphatic carboxylic acids is 1. The van der Waals surface area contributed by atoms with Crippen LogP contribution >= 0.6 is 0 Å². The Morgan fingerprint density at radius 1 is 1.00 bits per heavy atom. The molecule has 2 aromatic carbocycles. The molecule has 1 heterocycles. The minimum atomic E-state index is -5.08.